The zero-order chi connectivity index (χ0) is 13.6. The minimum atomic E-state index is -0.355. The van der Waals surface area contributed by atoms with Gasteiger partial charge in [0.25, 0.3) is 0 Å². The van der Waals surface area contributed by atoms with E-state index in [0.29, 0.717) is 5.41 Å². The summed E-state index contributed by atoms with van der Waals surface area (Å²) in [4.78, 5) is 2.58. The SMILES string of the molecule is CCC1(CC)CCN(CCCC(C)(C#N)NC)C1. The Kier molecular flexibility index (Phi) is 5.62. The lowest BCUT2D eigenvalue weighted by Crippen LogP contribution is -2.39. The van der Waals surface area contributed by atoms with Crippen LogP contribution in [-0.4, -0.2) is 37.1 Å². The molecule has 1 unspecified atom stereocenters. The molecule has 1 atom stereocenters. The molecule has 1 heterocycles. The standard InChI is InChI=1S/C15H29N3/c1-5-15(6-2)9-11-18(13-15)10-7-8-14(3,12-16)17-4/h17H,5-11,13H2,1-4H3. The summed E-state index contributed by atoms with van der Waals surface area (Å²) in [6, 6.07) is 2.36. The van der Waals surface area contributed by atoms with Crippen molar-refractivity contribution in [1.82, 2.24) is 10.2 Å². The molecule has 0 aromatic rings. The fourth-order valence-electron chi connectivity index (χ4n) is 2.94. The minimum absolute atomic E-state index is 0.355. The molecule has 1 N–H and O–H groups in total. The van der Waals surface area contributed by atoms with Gasteiger partial charge in [-0.15, -0.1) is 0 Å². The number of likely N-dealkylation sites (tertiary alicyclic amines) is 1. The van der Waals surface area contributed by atoms with Crippen LogP contribution >= 0.6 is 0 Å². The van der Waals surface area contributed by atoms with Crippen LogP contribution in [-0.2, 0) is 0 Å². The molecule has 104 valence electrons. The average Bonchev–Trinajstić information content (AvgIpc) is 2.83. The van der Waals surface area contributed by atoms with Crippen LogP contribution in [0.5, 0.6) is 0 Å². The average molecular weight is 251 g/mol. The Morgan fingerprint density at radius 1 is 1.39 bits per heavy atom. The molecule has 0 spiro atoms. The molecule has 0 amide bonds. The second-order valence-electron chi connectivity index (χ2n) is 6.03. The largest absolute Gasteiger partial charge is 0.303 e. The number of hydrogen-bond acceptors (Lipinski definition) is 3. The third-order valence-corrected chi connectivity index (χ3v) is 4.97. The molecule has 1 aliphatic rings. The molecule has 0 aromatic carbocycles. The van der Waals surface area contributed by atoms with Crippen LogP contribution in [0.15, 0.2) is 0 Å². The van der Waals surface area contributed by atoms with Crippen molar-refractivity contribution in [3.8, 4) is 6.07 Å². The van der Waals surface area contributed by atoms with Crippen molar-refractivity contribution in [1.29, 1.82) is 5.26 Å². The Morgan fingerprint density at radius 2 is 2.06 bits per heavy atom. The van der Waals surface area contributed by atoms with Crippen molar-refractivity contribution in [2.75, 3.05) is 26.7 Å². The van der Waals surface area contributed by atoms with E-state index in [2.05, 4.69) is 30.1 Å². The Morgan fingerprint density at radius 3 is 2.50 bits per heavy atom. The first kappa shape index (κ1) is 15.5. The van der Waals surface area contributed by atoms with E-state index in [0.717, 1.165) is 19.4 Å². The van der Waals surface area contributed by atoms with Gasteiger partial charge in [-0.2, -0.15) is 5.26 Å². The van der Waals surface area contributed by atoms with Gasteiger partial charge < -0.3 is 10.2 Å². The highest BCUT2D eigenvalue weighted by Gasteiger charge is 2.34. The molecule has 1 aliphatic heterocycles. The van der Waals surface area contributed by atoms with Crippen LogP contribution in [0.1, 0.15) is 52.9 Å². The fourth-order valence-corrected chi connectivity index (χ4v) is 2.94. The Bertz CT molecular complexity index is 291. The van der Waals surface area contributed by atoms with Gasteiger partial charge in [0.2, 0.25) is 0 Å². The first-order valence-corrected chi connectivity index (χ1v) is 7.35. The molecule has 0 aliphatic carbocycles. The van der Waals surface area contributed by atoms with Crippen molar-refractivity contribution < 1.29 is 0 Å². The molecule has 0 bridgehead atoms. The third-order valence-electron chi connectivity index (χ3n) is 4.97. The van der Waals surface area contributed by atoms with E-state index < -0.39 is 0 Å². The van der Waals surface area contributed by atoms with Crippen molar-refractivity contribution in [3.05, 3.63) is 0 Å². The van der Waals surface area contributed by atoms with Gasteiger partial charge in [0.05, 0.1) is 6.07 Å². The van der Waals surface area contributed by atoms with Crippen molar-refractivity contribution in [2.24, 2.45) is 5.41 Å². The normalized spacial score (nSPS) is 22.6. The highest BCUT2D eigenvalue weighted by molar-refractivity contribution is 5.02. The maximum absolute atomic E-state index is 9.11. The lowest BCUT2D eigenvalue weighted by atomic mass is 9.82. The lowest BCUT2D eigenvalue weighted by Gasteiger charge is -2.27. The number of nitriles is 1. The molecular formula is C15H29N3. The first-order chi connectivity index (χ1) is 8.53. The minimum Gasteiger partial charge on any atom is -0.303 e. The lowest BCUT2D eigenvalue weighted by molar-refractivity contribution is 0.234. The van der Waals surface area contributed by atoms with Crippen molar-refractivity contribution >= 4 is 0 Å². The predicted molar refractivity (Wildman–Crippen MR) is 76.4 cm³/mol. The van der Waals surface area contributed by atoms with Gasteiger partial charge in [-0.3, -0.25) is 0 Å². The second-order valence-corrected chi connectivity index (χ2v) is 6.03. The third kappa shape index (κ3) is 3.70. The molecule has 1 rings (SSSR count). The quantitative estimate of drug-likeness (QED) is 0.756. The van der Waals surface area contributed by atoms with Crippen LogP contribution in [0, 0.1) is 16.7 Å². The zero-order valence-corrected chi connectivity index (χ0v) is 12.6. The van der Waals surface area contributed by atoms with Gasteiger partial charge >= 0.3 is 0 Å². The van der Waals surface area contributed by atoms with Crippen LogP contribution in [0.25, 0.3) is 0 Å². The summed E-state index contributed by atoms with van der Waals surface area (Å²) in [5.74, 6) is 0. The Hall–Kier alpha value is -0.590. The van der Waals surface area contributed by atoms with Gasteiger partial charge in [-0.25, -0.2) is 0 Å². The van der Waals surface area contributed by atoms with E-state index in [1.807, 2.05) is 14.0 Å². The molecule has 0 radical (unpaired) electrons. The number of rotatable bonds is 7. The topological polar surface area (TPSA) is 39.1 Å². The van der Waals surface area contributed by atoms with Crippen LogP contribution in [0.3, 0.4) is 0 Å². The predicted octanol–water partition coefficient (Wildman–Crippen LogP) is 2.78. The van der Waals surface area contributed by atoms with E-state index in [-0.39, 0.29) is 5.54 Å². The molecule has 0 saturated carbocycles. The highest BCUT2D eigenvalue weighted by atomic mass is 15.2. The Balaban J connectivity index is 2.33. The van der Waals surface area contributed by atoms with E-state index in [9.17, 15) is 0 Å². The first-order valence-electron chi connectivity index (χ1n) is 7.35. The molecular weight excluding hydrogens is 222 g/mol. The van der Waals surface area contributed by atoms with Crippen LogP contribution < -0.4 is 5.32 Å². The van der Waals surface area contributed by atoms with Gasteiger partial charge in [-0.05, 0) is 64.6 Å². The number of nitrogens with zero attached hydrogens (tertiary/aromatic N) is 2. The highest BCUT2D eigenvalue weighted by Crippen LogP contribution is 2.36. The maximum atomic E-state index is 9.11. The van der Waals surface area contributed by atoms with Gasteiger partial charge in [0.15, 0.2) is 0 Å². The van der Waals surface area contributed by atoms with E-state index in [1.165, 1.54) is 32.4 Å². The summed E-state index contributed by atoms with van der Waals surface area (Å²) < 4.78 is 0. The molecule has 18 heavy (non-hydrogen) atoms. The van der Waals surface area contributed by atoms with Crippen molar-refractivity contribution in [2.45, 2.75) is 58.4 Å². The van der Waals surface area contributed by atoms with E-state index >= 15 is 0 Å². The monoisotopic (exact) mass is 251 g/mol. The smallest absolute Gasteiger partial charge is 0.103 e. The molecule has 3 heteroatoms. The molecule has 1 fully saturated rings. The van der Waals surface area contributed by atoms with Crippen LogP contribution in [0.2, 0.25) is 0 Å². The summed E-state index contributed by atoms with van der Waals surface area (Å²) in [6.45, 7) is 10.3. The number of nitrogens with one attached hydrogen (secondary N) is 1. The summed E-state index contributed by atoms with van der Waals surface area (Å²) in [7, 11) is 1.87. The molecule has 0 aromatic heterocycles. The van der Waals surface area contributed by atoms with Crippen LogP contribution in [0.4, 0.5) is 0 Å². The summed E-state index contributed by atoms with van der Waals surface area (Å²) >= 11 is 0. The summed E-state index contributed by atoms with van der Waals surface area (Å²) in [5.41, 5.74) is 0.216. The molecule has 3 nitrogen and oxygen atoms in total. The fraction of sp³-hybridized carbons (Fsp3) is 0.933. The maximum Gasteiger partial charge on any atom is 0.103 e. The second kappa shape index (κ2) is 6.54. The summed E-state index contributed by atoms with van der Waals surface area (Å²) in [5, 5.41) is 12.2. The van der Waals surface area contributed by atoms with Gasteiger partial charge in [0.1, 0.15) is 5.54 Å². The summed E-state index contributed by atoms with van der Waals surface area (Å²) in [6.07, 6.45) is 5.98. The number of hydrogen-bond donors (Lipinski definition) is 1. The van der Waals surface area contributed by atoms with Gasteiger partial charge in [-0.1, -0.05) is 13.8 Å². The van der Waals surface area contributed by atoms with E-state index in [4.69, 9.17) is 5.26 Å². The van der Waals surface area contributed by atoms with Gasteiger partial charge in [0, 0.05) is 6.54 Å². The van der Waals surface area contributed by atoms with Crippen molar-refractivity contribution in [3.63, 3.8) is 0 Å². The zero-order valence-electron chi connectivity index (χ0n) is 12.6. The molecule has 1 saturated heterocycles. The Labute approximate surface area is 113 Å². The van der Waals surface area contributed by atoms with E-state index in [1.54, 1.807) is 0 Å².